The first-order chi connectivity index (χ1) is 15.7. The SMILES string of the molecule is CC(=O)Nc1ccc(S(=O)(=O)Oc2ccccc2/C=N\NC(=O)c2ccc(Cl)c(Cl)c2)cc1. The normalized spacial score (nSPS) is 11.2. The molecule has 0 aliphatic heterocycles. The molecule has 3 aromatic rings. The Balaban J connectivity index is 1.73. The van der Waals surface area contributed by atoms with E-state index in [9.17, 15) is 18.0 Å². The molecule has 0 radical (unpaired) electrons. The molecule has 0 spiro atoms. The first-order valence-electron chi connectivity index (χ1n) is 9.35. The fraction of sp³-hybridized carbons (Fsp3) is 0.0455. The number of halogens is 2. The van der Waals surface area contributed by atoms with E-state index in [0.717, 1.165) is 0 Å². The van der Waals surface area contributed by atoms with E-state index >= 15 is 0 Å². The van der Waals surface area contributed by atoms with Crippen molar-refractivity contribution in [2.75, 3.05) is 5.32 Å². The van der Waals surface area contributed by atoms with Gasteiger partial charge in [0.2, 0.25) is 5.91 Å². The van der Waals surface area contributed by atoms with Crippen LogP contribution in [0.3, 0.4) is 0 Å². The molecular formula is C22H17Cl2N3O5S. The fourth-order valence-corrected chi connectivity index (χ4v) is 3.85. The minimum absolute atomic E-state index is 0.0102. The number of rotatable bonds is 7. The van der Waals surface area contributed by atoms with Gasteiger partial charge in [-0.15, -0.1) is 0 Å². The number of hydrogen-bond acceptors (Lipinski definition) is 6. The minimum Gasteiger partial charge on any atom is -0.378 e. The second kappa shape index (κ2) is 10.5. The van der Waals surface area contributed by atoms with E-state index in [0.29, 0.717) is 16.3 Å². The maximum atomic E-state index is 12.7. The lowest BCUT2D eigenvalue weighted by molar-refractivity contribution is -0.114. The predicted molar refractivity (Wildman–Crippen MR) is 127 cm³/mol. The van der Waals surface area contributed by atoms with Crippen LogP contribution in [0.25, 0.3) is 0 Å². The number of carbonyl (C=O) groups is 2. The van der Waals surface area contributed by atoms with Crippen LogP contribution in [0, 0.1) is 0 Å². The average molecular weight is 506 g/mol. The molecule has 33 heavy (non-hydrogen) atoms. The summed E-state index contributed by atoms with van der Waals surface area (Å²) in [4.78, 5) is 23.2. The molecule has 0 aliphatic carbocycles. The van der Waals surface area contributed by atoms with Gasteiger partial charge in [0.05, 0.1) is 16.3 Å². The third-order valence-electron chi connectivity index (χ3n) is 4.13. The van der Waals surface area contributed by atoms with Crippen molar-refractivity contribution in [3.8, 4) is 5.75 Å². The quantitative estimate of drug-likeness (QED) is 0.279. The van der Waals surface area contributed by atoms with Crippen molar-refractivity contribution in [1.29, 1.82) is 0 Å². The smallest absolute Gasteiger partial charge is 0.339 e. The highest BCUT2D eigenvalue weighted by atomic mass is 35.5. The highest BCUT2D eigenvalue weighted by Gasteiger charge is 2.18. The summed E-state index contributed by atoms with van der Waals surface area (Å²) in [6, 6.07) is 16.2. The summed E-state index contributed by atoms with van der Waals surface area (Å²) in [6.45, 7) is 1.35. The van der Waals surface area contributed by atoms with Crippen molar-refractivity contribution in [3.63, 3.8) is 0 Å². The summed E-state index contributed by atoms with van der Waals surface area (Å²) in [5.74, 6) is -0.799. The molecule has 3 aromatic carbocycles. The van der Waals surface area contributed by atoms with Crippen LogP contribution < -0.4 is 14.9 Å². The molecule has 2 N–H and O–H groups in total. The Morgan fingerprint density at radius 3 is 2.33 bits per heavy atom. The van der Waals surface area contributed by atoms with E-state index in [4.69, 9.17) is 27.4 Å². The average Bonchev–Trinajstić information content (AvgIpc) is 2.76. The second-order valence-electron chi connectivity index (χ2n) is 6.61. The Morgan fingerprint density at radius 2 is 1.67 bits per heavy atom. The molecule has 11 heteroatoms. The van der Waals surface area contributed by atoms with Gasteiger partial charge in [-0.1, -0.05) is 35.3 Å². The van der Waals surface area contributed by atoms with Gasteiger partial charge in [-0.2, -0.15) is 13.5 Å². The summed E-state index contributed by atoms with van der Waals surface area (Å²) in [5.41, 5.74) is 3.33. The number of anilines is 1. The largest absolute Gasteiger partial charge is 0.378 e. The lowest BCUT2D eigenvalue weighted by atomic mass is 10.2. The summed E-state index contributed by atoms with van der Waals surface area (Å²) in [5, 5.41) is 6.95. The highest BCUT2D eigenvalue weighted by Crippen LogP contribution is 2.24. The highest BCUT2D eigenvalue weighted by molar-refractivity contribution is 7.87. The summed E-state index contributed by atoms with van der Waals surface area (Å²) < 4.78 is 30.6. The standard InChI is InChI=1S/C22H17Cl2N3O5S/c1-14(28)26-17-7-9-18(10-8-17)33(30,31)32-21-5-3-2-4-16(21)13-25-27-22(29)15-6-11-19(23)20(24)12-15/h2-13H,1H3,(H,26,28)(H,27,29)/b25-13-. The van der Waals surface area contributed by atoms with Crippen LogP contribution >= 0.6 is 23.2 Å². The number of carbonyl (C=O) groups excluding carboxylic acids is 2. The van der Waals surface area contributed by atoms with Crippen LogP contribution in [0.2, 0.25) is 10.0 Å². The molecular weight excluding hydrogens is 489 g/mol. The fourth-order valence-electron chi connectivity index (χ4n) is 2.60. The molecule has 0 bridgehead atoms. The van der Waals surface area contributed by atoms with Gasteiger partial charge in [0.1, 0.15) is 4.90 Å². The molecule has 0 fully saturated rings. The first kappa shape index (κ1) is 24.2. The zero-order chi connectivity index (χ0) is 24.0. The zero-order valence-electron chi connectivity index (χ0n) is 17.1. The topological polar surface area (TPSA) is 114 Å². The van der Waals surface area contributed by atoms with Crippen molar-refractivity contribution < 1.29 is 22.2 Å². The number of para-hydroxylation sites is 1. The lowest BCUT2D eigenvalue weighted by Gasteiger charge is -2.10. The van der Waals surface area contributed by atoms with Crippen LogP contribution in [0.1, 0.15) is 22.8 Å². The molecule has 8 nitrogen and oxygen atoms in total. The van der Waals surface area contributed by atoms with E-state index in [1.54, 1.807) is 18.2 Å². The molecule has 0 unspecified atom stereocenters. The number of nitrogens with one attached hydrogen (secondary N) is 2. The van der Waals surface area contributed by atoms with Crippen LogP contribution in [-0.4, -0.2) is 26.4 Å². The second-order valence-corrected chi connectivity index (χ2v) is 8.97. The monoisotopic (exact) mass is 505 g/mol. The van der Waals surface area contributed by atoms with Crippen molar-refractivity contribution >= 4 is 57.0 Å². The molecule has 0 atom stereocenters. The van der Waals surface area contributed by atoms with Crippen LogP contribution in [0.4, 0.5) is 5.69 Å². The molecule has 0 aliphatic rings. The summed E-state index contributed by atoms with van der Waals surface area (Å²) in [6.07, 6.45) is 1.25. The Labute approximate surface area is 200 Å². The van der Waals surface area contributed by atoms with Gasteiger partial charge >= 0.3 is 10.1 Å². The van der Waals surface area contributed by atoms with Gasteiger partial charge in [-0.05, 0) is 54.6 Å². The molecule has 0 aromatic heterocycles. The van der Waals surface area contributed by atoms with Crippen LogP contribution in [-0.2, 0) is 14.9 Å². The van der Waals surface area contributed by atoms with Gasteiger partial charge in [0.15, 0.2) is 5.75 Å². The Kier molecular flexibility index (Phi) is 7.70. The van der Waals surface area contributed by atoms with E-state index in [-0.39, 0.29) is 27.1 Å². The number of benzene rings is 3. The summed E-state index contributed by atoms with van der Waals surface area (Å²) >= 11 is 11.7. The van der Waals surface area contributed by atoms with Gasteiger partial charge < -0.3 is 9.50 Å². The van der Waals surface area contributed by atoms with Gasteiger partial charge in [-0.3, -0.25) is 9.59 Å². The predicted octanol–water partition coefficient (Wildman–Crippen LogP) is 4.48. The molecule has 0 saturated heterocycles. The zero-order valence-corrected chi connectivity index (χ0v) is 19.4. The number of amides is 2. The molecule has 170 valence electrons. The minimum atomic E-state index is -4.16. The number of hydrogen-bond donors (Lipinski definition) is 2. The molecule has 3 rings (SSSR count). The number of nitrogens with zero attached hydrogens (tertiary/aromatic N) is 1. The van der Waals surface area contributed by atoms with E-state index < -0.39 is 16.0 Å². The van der Waals surface area contributed by atoms with Crippen molar-refractivity contribution in [1.82, 2.24) is 5.43 Å². The Bertz CT molecular complexity index is 1330. The van der Waals surface area contributed by atoms with Crippen molar-refractivity contribution in [3.05, 3.63) is 87.9 Å². The maximum Gasteiger partial charge on any atom is 0.339 e. The van der Waals surface area contributed by atoms with E-state index in [1.165, 1.54) is 61.7 Å². The summed E-state index contributed by atoms with van der Waals surface area (Å²) in [7, 11) is -4.16. The lowest BCUT2D eigenvalue weighted by Crippen LogP contribution is -2.17. The van der Waals surface area contributed by atoms with E-state index in [2.05, 4.69) is 15.8 Å². The van der Waals surface area contributed by atoms with Crippen molar-refractivity contribution in [2.24, 2.45) is 5.10 Å². The maximum absolute atomic E-state index is 12.7. The van der Waals surface area contributed by atoms with Gasteiger partial charge in [-0.25, -0.2) is 5.43 Å². The van der Waals surface area contributed by atoms with Gasteiger partial charge in [0, 0.05) is 23.7 Å². The molecule has 0 saturated carbocycles. The third kappa shape index (κ3) is 6.55. The number of hydrazone groups is 1. The van der Waals surface area contributed by atoms with Gasteiger partial charge in [0.25, 0.3) is 5.91 Å². The molecule has 2 amide bonds. The van der Waals surface area contributed by atoms with Crippen LogP contribution in [0.5, 0.6) is 5.75 Å². The first-order valence-corrected chi connectivity index (χ1v) is 11.5. The Morgan fingerprint density at radius 1 is 0.970 bits per heavy atom. The van der Waals surface area contributed by atoms with E-state index in [1.807, 2.05) is 0 Å². The molecule has 0 heterocycles. The third-order valence-corrected chi connectivity index (χ3v) is 6.12. The van der Waals surface area contributed by atoms with Crippen LogP contribution in [0.15, 0.2) is 76.7 Å². The Hall–Kier alpha value is -3.40. The van der Waals surface area contributed by atoms with Crippen molar-refractivity contribution in [2.45, 2.75) is 11.8 Å².